The van der Waals surface area contributed by atoms with E-state index in [-0.39, 0.29) is 5.83 Å². The van der Waals surface area contributed by atoms with Gasteiger partial charge < -0.3 is 0 Å². The van der Waals surface area contributed by atoms with E-state index in [1.807, 2.05) is 6.08 Å². The van der Waals surface area contributed by atoms with Gasteiger partial charge in [0.05, 0.1) is 0 Å². The molecule has 8 heavy (non-hydrogen) atoms. The highest BCUT2D eigenvalue weighted by molar-refractivity contribution is 5.12. The lowest BCUT2D eigenvalue weighted by molar-refractivity contribution is 0.661. The zero-order valence-electron chi connectivity index (χ0n) is 4.73. The molecule has 0 heterocycles. The molecule has 1 heteroatoms. The topological polar surface area (TPSA) is 0 Å². The number of hydrogen-bond donors (Lipinski definition) is 0. The Morgan fingerprint density at radius 1 is 1.38 bits per heavy atom. The van der Waals surface area contributed by atoms with Gasteiger partial charge in [0.15, 0.2) is 0 Å². The highest BCUT2D eigenvalue weighted by Gasteiger charge is 1.91. The fourth-order valence-corrected chi connectivity index (χ4v) is 0.740. The van der Waals surface area contributed by atoms with Gasteiger partial charge in [-0.2, -0.15) is 0 Å². The van der Waals surface area contributed by atoms with Crippen LogP contribution in [0.1, 0.15) is 19.3 Å². The maximum Gasteiger partial charge on any atom is 0.118 e. The molecule has 0 saturated carbocycles. The Bertz CT molecular complexity index is 122. The first-order chi connectivity index (χ1) is 3.89. The van der Waals surface area contributed by atoms with Gasteiger partial charge in [0.25, 0.3) is 0 Å². The van der Waals surface area contributed by atoms with E-state index in [0.29, 0.717) is 0 Å². The number of rotatable bonds is 0. The highest BCUT2D eigenvalue weighted by atomic mass is 19.1. The molecule has 0 aromatic rings. The minimum Gasteiger partial charge on any atom is -0.207 e. The standard InChI is InChI=1S/C7H9F/c8-7-5-3-1-2-4-6-7/h3,5-6H,1-2,4H2. The van der Waals surface area contributed by atoms with Gasteiger partial charge in [-0.05, 0) is 31.4 Å². The molecule has 0 radical (unpaired) electrons. The molecule has 0 aromatic heterocycles. The molecular formula is C7H9F. The summed E-state index contributed by atoms with van der Waals surface area (Å²) in [6.07, 6.45) is 8.03. The summed E-state index contributed by atoms with van der Waals surface area (Å²) in [5.41, 5.74) is 0. The predicted octanol–water partition coefficient (Wildman–Crippen LogP) is 2.58. The molecule has 0 N–H and O–H groups in total. The Hall–Kier alpha value is -0.590. The van der Waals surface area contributed by atoms with Crippen LogP contribution in [0.25, 0.3) is 0 Å². The van der Waals surface area contributed by atoms with Crippen molar-refractivity contribution in [3.05, 3.63) is 24.1 Å². The third kappa shape index (κ3) is 1.49. The zero-order valence-corrected chi connectivity index (χ0v) is 4.73. The van der Waals surface area contributed by atoms with Crippen LogP contribution in [0.3, 0.4) is 0 Å². The van der Waals surface area contributed by atoms with Crippen molar-refractivity contribution in [2.24, 2.45) is 0 Å². The van der Waals surface area contributed by atoms with Gasteiger partial charge >= 0.3 is 0 Å². The SMILES string of the molecule is FC1=CCCCC=C1. The van der Waals surface area contributed by atoms with Crippen molar-refractivity contribution < 1.29 is 4.39 Å². The summed E-state index contributed by atoms with van der Waals surface area (Å²) >= 11 is 0. The Labute approximate surface area is 48.7 Å². The van der Waals surface area contributed by atoms with E-state index in [1.165, 1.54) is 6.08 Å². The van der Waals surface area contributed by atoms with Gasteiger partial charge in [0, 0.05) is 0 Å². The maximum atomic E-state index is 12.2. The second kappa shape index (κ2) is 2.65. The summed E-state index contributed by atoms with van der Waals surface area (Å²) < 4.78 is 12.2. The Morgan fingerprint density at radius 2 is 2.25 bits per heavy atom. The molecular weight excluding hydrogens is 103 g/mol. The summed E-state index contributed by atoms with van der Waals surface area (Å²) in [5.74, 6) is -0.0810. The Kier molecular flexibility index (Phi) is 1.84. The Balaban J connectivity index is 2.55. The zero-order chi connectivity index (χ0) is 5.82. The molecule has 0 bridgehead atoms. The molecule has 0 nitrogen and oxygen atoms in total. The highest BCUT2D eigenvalue weighted by Crippen LogP contribution is 2.09. The van der Waals surface area contributed by atoms with E-state index in [0.717, 1.165) is 19.3 Å². The molecule has 0 spiro atoms. The van der Waals surface area contributed by atoms with Gasteiger partial charge in [-0.1, -0.05) is 6.08 Å². The van der Waals surface area contributed by atoms with Crippen molar-refractivity contribution >= 4 is 0 Å². The molecule has 0 aliphatic heterocycles. The van der Waals surface area contributed by atoms with Crippen LogP contribution in [-0.2, 0) is 0 Å². The van der Waals surface area contributed by atoms with Crippen molar-refractivity contribution in [3.63, 3.8) is 0 Å². The van der Waals surface area contributed by atoms with E-state index < -0.39 is 0 Å². The number of hydrogen-bond acceptors (Lipinski definition) is 0. The van der Waals surface area contributed by atoms with Crippen LogP contribution < -0.4 is 0 Å². The molecule has 0 amide bonds. The fraction of sp³-hybridized carbons (Fsp3) is 0.429. The second-order valence-electron chi connectivity index (χ2n) is 1.92. The molecule has 0 unspecified atom stereocenters. The van der Waals surface area contributed by atoms with Gasteiger partial charge in [0.1, 0.15) is 5.83 Å². The molecule has 0 fully saturated rings. The first-order valence-electron chi connectivity index (χ1n) is 2.92. The van der Waals surface area contributed by atoms with Crippen LogP contribution in [0, 0.1) is 0 Å². The van der Waals surface area contributed by atoms with E-state index in [2.05, 4.69) is 0 Å². The average molecular weight is 112 g/mol. The van der Waals surface area contributed by atoms with Crippen LogP contribution in [0.15, 0.2) is 24.1 Å². The fourth-order valence-electron chi connectivity index (χ4n) is 0.740. The lowest BCUT2D eigenvalue weighted by Crippen LogP contribution is -1.63. The maximum absolute atomic E-state index is 12.2. The molecule has 0 aromatic carbocycles. The van der Waals surface area contributed by atoms with Gasteiger partial charge in [-0.15, -0.1) is 0 Å². The third-order valence-corrected chi connectivity index (χ3v) is 1.19. The van der Waals surface area contributed by atoms with Gasteiger partial charge in [-0.25, -0.2) is 4.39 Å². The van der Waals surface area contributed by atoms with Gasteiger partial charge in [-0.3, -0.25) is 0 Å². The molecule has 0 atom stereocenters. The molecule has 44 valence electrons. The smallest absolute Gasteiger partial charge is 0.118 e. The normalized spacial score (nSPS) is 19.9. The largest absolute Gasteiger partial charge is 0.207 e. The summed E-state index contributed by atoms with van der Waals surface area (Å²) in [7, 11) is 0. The first kappa shape index (κ1) is 5.54. The minimum atomic E-state index is -0.0810. The molecule has 1 aliphatic rings. The van der Waals surface area contributed by atoms with Crippen LogP contribution in [-0.4, -0.2) is 0 Å². The summed E-state index contributed by atoms with van der Waals surface area (Å²) in [6.45, 7) is 0. The van der Waals surface area contributed by atoms with E-state index >= 15 is 0 Å². The first-order valence-corrected chi connectivity index (χ1v) is 2.92. The van der Waals surface area contributed by atoms with Crippen LogP contribution in [0.5, 0.6) is 0 Å². The molecule has 0 saturated heterocycles. The van der Waals surface area contributed by atoms with Crippen molar-refractivity contribution in [2.75, 3.05) is 0 Å². The van der Waals surface area contributed by atoms with E-state index in [4.69, 9.17) is 0 Å². The van der Waals surface area contributed by atoms with Crippen molar-refractivity contribution in [2.45, 2.75) is 19.3 Å². The molecule has 1 rings (SSSR count). The summed E-state index contributed by atoms with van der Waals surface area (Å²) in [5, 5.41) is 0. The van der Waals surface area contributed by atoms with Crippen molar-refractivity contribution in [1.82, 2.24) is 0 Å². The van der Waals surface area contributed by atoms with Crippen molar-refractivity contribution in [3.8, 4) is 0 Å². The summed E-state index contributed by atoms with van der Waals surface area (Å²) in [6, 6.07) is 0. The predicted molar refractivity (Wildman–Crippen MR) is 32.2 cm³/mol. The molecule has 1 aliphatic carbocycles. The third-order valence-electron chi connectivity index (χ3n) is 1.19. The van der Waals surface area contributed by atoms with E-state index in [1.54, 1.807) is 6.08 Å². The lowest BCUT2D eigenvalue weighted by Gasteiger charge is -1.82. The number of halogens is 1. The van der Waals surface area contributed by atoms with Crippen LogP contribution in [0.2, 0.25) is 0 Å². The average Bonchev–Trinajstić information content (AvgIpc) is 1.94. The van der Waals surface area contributed by atoms with Crippen LogP contribution >= 0.6 is 0 Å². The lowest BCUT2D eigenvalue weighted by atomic mass is 10.2. The minimum absolute atomic E-state index is 0.0810. The Morgan fingerprint density at radius 3 is 3.12 bits per heavy atom. The van der Waals surface area contributed by atoms with E-state index in [9.17, 15) is 4.39 Å². The monoisotopic (exact) mass is 112 g/mol. The quantitative estimate of drug-likeness (QED) is 0.451. The van der Waals surface area contributed by atoms with Crippen molar-refractivity contribution in [1.29, 1.82) is 0 Å². The number of allylic oxidation sites excluding steroid dienone is 4. The second-order valence-corrected chi connectivity index (χ2v) is 1.92. The summed E-state index contributed by atoms with van der Waals surface area (Å²) in [4.78, 5) is 0. The van der Waals surface area contributed by atoms with Gasteiger partial charge in [0.2, 0.25) is 0 Å². The van der Waals surface area contributed by atoms with Crippen LogP contribution in [0.4, 0.5) is 4.39 Å².